The number of rotatable bonds is 4. The van der Waals surface area contributed by atoms with Crippen LogP contribution in [0.1, 0.15) is 70.5 Å². The molecule has 29 heavy (non-hydrogen) atoms. The van der Waals surface area contributed by atoms with Crippen molar-refractivity contribution in [2.24, 2.45) is 5.92 Å². The number of furan rings is 1. The number of hydrogen-bond donors (Lipinski definition) is 0. The number of aryl methyl sites for hydroxylation is 1. The van der Waals surface area contributed by atoms with Gasteiger partial charge in [0.1, 0.15) is 5.58 Å². The van der Waals surface area contributed by atoms with Crippen LogP contribution in [0.4, 0.5) is 0 Å². The number of hydrogen-bond acceptors (Lipinski definition) is 3. The van der Waals surface area contributed by atoms with E-state index >= 15 is 0 Å². The van der Waals surface area contributed by atoms with Gasteiger partial charge in [0.05, 0.1) is 5.69 Å². The molecule has 3 heterocycles. The van der Waals surface area contributed by atoms with E-state index < -0.39 is 19.1 Å². The highest BCUT2D eigenvalue weighted by Gasteiger charge is 2.20. The van der Waals surface area contributed by atoms with Gasteiger partial charge in [0.2, 0.25) is 5.71 Å². The lowest BCUT2D eigenvalue weighted by atomic mass is 9.90. The number of pyridine rings is 2. The average molecular weight is 391 g/mol. The van der Waals surface area contributed by atoms with Crippen LogP contribution in [0, 0.1) is 12.8 Å². The van der Waals surface area contributed by atoms with Crippen molar-refractivity contribution in [3.63, 3.8) is 0 Å². The first-order valence-electron chi connectivity index (χ1n) is 13.2. The molecule has 0 N–H and O–H groups in total. The van der Waals surface area contributed by atoms with Gasteiger partial charge in [-0.05, 0) is 60.4 Å². The Bertz CT molecular complexity index is 1410. The minimum absolute atomic E-state index is 0.0298. The third kappa shape index (κ3) is 3.33. The lowest BCUT2D eigenvalue weighted by molar-refractivity contribution is 0.542. The van der Waals surface area contributed by atoms with E-state index in [1.807, 2.05) is 18.2 Å². The Morgan fingerprint density at radius 3 is 2.86 bits per heavy atom. The molecule has 0 saturated heterocycles. The van der Waals surface area contributed by atoms with E-state index in [0.29, 0.717) is 33.4 Å². The zero-order chi connectivity index (χ0) is 25.2. The Kier molecular flexibility index (Phi) is 3.22. The summed E-state index contributed by atoms with van der Waals surface area (Å²) >= 11 is 0. The van der Waals surface area contributed by atoms with Crippen molar-refractivity contribution in [2.75, 3.05) is 0 Å². The maximum absolute atomic E-state index is 9.05. The highest BCUT2D eigenvalue weighted by molar-refractivity contribution is 6.08. The number of fused-ring (bicyclic) bond motifs is 3. The van der Waals surface area contributed by atoms with Crippen molar-refractivity contribution in [3.8, 4) is 11.3 Å². The summed E-state index contributed by atoms with van der Waals surface area (Å²) in [5.41, 5.74) is 3.05. The van der Waals surface area contributed by atoms with E-state index in [1.54, 1.807) is 32.2 Å². The topological polar surface area (TPSA) is 38.9 Å². The second-order valence-electron chi connectivity index (χ2n) is 8.07. The monoisotopic (exact) mass is 390 g/mol. The van der Waals surface area contributed by atoms with Gasteiger partial charge in [-0.25, -0.2) is 4.98 Å². The van der Waals surface area contributed by atoms with Gasteiger partial charge in [-0.15, -0.1) is 0 Å². The van der Waals surface area contributed by atoms with E-state index in [0.717, 1.165) is 31.1 Å². The van der Waals surface area contributed by atoms with Gasteiger partial charge < -0.3 is 4.42 Å². The molecule has 5 rings (SSSR count). The Morgan fingerprint density at radius 2 is 2.07 bits per heavy atom. The van der Waals surface area contributed by atoms with Crippen molar-refractivity contribution < 1.29 is 12.6 Å². The fourth-order valence-electron chi connectivity index (χ4n) is 4.29. The number of benzene rings is 1. The molecule has 0 spiro atoms. The third-order valence-electron chi connectivity index (χ3n) is 5.80. The van der Waals surface area contributed by atoms with Crippen molar-refractivity contribution >= 4 is 22.1 Å². The second kappa shape index (κ2) is 7.29. The molecule has 1 aromatic carbocycles. The summed E-state index contributed by atoms with van der Waals surface area (Å²) in [6, 6.07) is 10.6. The van der Waals surface area contributed by atoms with Crippen molar-refractivity contribution in [1.29, 1.82) is 0 Å². The zero-order valence-corrected chi connectivity index (χ0v) is 16.7. The normalized spacial score (nSPS) is 19.5. The fraction of sp³-hybridized carbons (Fsp3) is 0.385. The molecular formula is C26H28N2O. The minimum Gasteiger partial charge on any atom is -0.437 e. The molecule has 0 aliphatic heterocycles. The molecule has 3 aromatic heterocycles. The molecule has 0 unspecified atom stereocenters. The number of aromatic nitrogens is 2. The first-order chi connectivity index (χ1) is 16.4. The first-order valence-corrected chi connectivity index (χ1v) is 10.2. The molecule has 1 fully saturated rings. The SMILES string of the molecule is [2H]C([2H])([2H])c1ccc2c(n1)oc1c(-c3cc(C([2H])([2H])C4CCCC4)c(C([2H])(C)C)cn3)cccc12. The van der Waals surface area contributed by atoms with Crippen molar-refractivity contribution in [3.05, 3.63) is 59.4 Å². The molecule has 0 bridgehead atoms. The Labute approximate surface area is 180 Å². The summed E-state index contributed by atoms with van der Waals surface area (Å²) in [7, 11) is 0. The van der Waals surface area contributed by atoms with Crippen LogP contribution in [0.15, 0.2) is 47.0 Å². The second-order valence-corrected chi connectivity index (χ2v) is 8.07. The van der Waals surface area contributed by atoms with Crippen LogP contribution in [-0.2, 0) is 6.37 Å². The zero-order valence-electron chi connectivity index (χ0n) is 22.7. The third-order valence-corrected chi connectivity index (χ3v) is 5.80. The summed E-state index contributed by atoms with van der Waals surface area (Å²) in [4.78, 5) is 8.88. The Morgan fingerprint density at radius 1 is 1.21 bits per heavy atom. The lowest BCUT2D eigenvalue weighted by Crippen LogP contribution is -2.05. The molecule has 4 aromatic rings. The Hall–Kier alpha value is -2.68. The van der Waals surface area contributed by atoms with Gasteiger partial charge in [0.25, 0.3) is 0 Å². The van der Waals surface area contributed by atoms with Crippen LogP contribution in [0.3, 0.4) is 0 Å². The largest absolute Gasteiger partial charge is 0.437 e. The van der Waals surface area contributed by atoms with Gasteiger partial charge >= 0.3 is 0 Å². The summed E-state index contributed by atoms with van der Waals surface area (Å²) in [6.07, 6.45) is 3.74. The van der Waals surface area contributed by atoms with Crippen molar-refractivity contribution in [2.45, 2.75) is 58.6 Å². The standard InChI is InChI=1S/C26H28N2O/c1-16(2)23-15-27-24(14-19(23)13-18-7-4-5-8-18)22-10-6-9-20-21-12-11-17(3)28-26(21)29-25(20)22/h6,9-12,14-16,18H,4-5,7-8,13H2,1-3H3/i3D3,13D2,16D. The maximum Gasteiger partial charge on any atom is 0.227 e. The van der Waals surface area contributed by atoms with Gasteiger partial charge in [-0.3, -0.25) is 4.98 Å². The summed E-state index contributed by atoms with van der Waals surface area (Å²) < 4.78 is 55.7. The van der Waals surface area contributed by atoms with Gasteiger partial charge in [-0.1, -0.05) is 51.7 Å². The highest BCUT2D eigenvalue weighted by atomic mass is 16.3. The van der Waals surface area contributed by atoms with Crippen LogP contribution < -0.4 is 0 Å². The van der Waals surface area contributed by atoms with Crippen LogP contribution >= 0.6 is 0 Å². The van der Waals surface area contributed by atoms with Crippen LogP contribution in [-0.4, -0.2) is 9.97 Å². The molecule has 0 atom stereocenters. The van der Waals surface area contributed by atoms with Crippen molar-refractivity contribution in [1.82, 2.24) is 9.97 Å². The lowest BCUT2D eigenvalue weighted by Gasteiger charge is -2.17. The number of nitrogens with zero attached hydrogens (tertiary/aromatic N) is 2. The molecule has 1 aliphatic rings. The van der Waals surface area contributed by atoms with E-state index in [1.165, 1.54) is 6.07 Å². The fourth-order valence-corrected chi connectivity index (χ4v) is 4.29. The molecule has 148 valence electrons. The quantitative estimate of drug-likeness (QED) is 0.369. The van der Waals surface area contributed by atoms with Gasteiger partial charge in [0.15, 0.2) is 0 Å². The molecule has 1 saturated carbocycles. The smallest absolute Gasteiger partial charge is 0.227 e. The van der Waals surface area contributed by atoms with Crippen LogP contribution in [0.5, 0.6) is 0 Å². The predicted molar refractivity (Wildman–Crippen MR) is 119 cm³/mol. The molecule has 0 amide bonds. The van der Waals surface area contributed by atoms with E-state index in [-0.39, 0.29) is 17.3 Å². The molecule has 3 nitrogen and oxygen atoms in total. The maximum atomic E-state index is 9.05. The Balaban J connectivity index is 1.70. The number of para-hydroxylation sites is 1. The summed E-state index contributed by atoms with van der Waals surface area (Å²) in [5.74, 6) is -1.10. The summed E-state index contributed by atoms with van der Waals surface area (Å²) in [6.45, 7) is 1.18. The van der Waals surface area contributed by atoms with E-state index in [2.05, 4.69) is 9.97 Å². The van der Waals surface area contributed by atoms with Gasteiger partial charge in [-0.2, -0.15) is 0 Å². The molecule has 1 aliphatic carbocycles. The van der Waals surface area contributed by atoms with Gasteiger partial charge in [0, 0.05) is 36.5 Å². The average Bonchev–Trinajstić information content (AvgIpc) is 3.45. The first kappa shape index (κ1) is 12.8. The predicted octanol–water partition coefficient (Wildman–Crippen LogP) is 7.21. The molecule has 3 heteroatoms. The van der Waals surface area contributed by atoms with E-state index in [9.17, 15) is 0 Å². The minimum atomic E-state index is -2.34. The van der Waals surface area contributed by atoms with E-state index in [4.69, 9.17) is 12.6 Å². The van der Waals surface area contributed by atoms with Crippen LogP contribution in [0.2, 0.25) is 0 Å². The van der Waals surface area contributed by atoms with Crippen LogP contribution in [0.25, 0.3) is 33.3 Å². The molecular weight excluding hydrogens is 356 g/mol. The highest BCUT2D eigenvalue weighted by Crippen LogP contribution is 2.37. The summed E-state index contributed by atoms with van der Waals surface area (Å²) in [5, 5.41) is 1.49. The molecule has 0 radical (unpaired) electrons.